The quantitative estimate of drug-likeness (QED) is 0.757. The van der Waals surface area contributed by atoms with Crippen molar-refractivity contribution in [3.05, 3.63) is 0 Å². The van der Waals surface area contributed by atoms with Gasteiger partial charge in [-0.25, -0.2) is 0 Å². The van der Waals surface area contributed by atoms with Crippen molar-refractivity contribution < 1.29 is 4.74 Å². The molecule has 0 aromatic carbocycles. The van der Waals surface area contributed by atoms with Crippen LogP contribution in [-0.4, -0.2) is 49.3 Å². The molecule has 3 nitrogen and oxygen atoms in total. The fourth-order valence-electron chi connectivity index (χ4n) is 2.96. The van der Waals surface area contributed by atoms with Crippen LogP contribution < -0.4 is 5.32 Å². The number of rotatable bonds is 1. The molecule has 3 atom stereocenters. The van der Waals surface area contributed by atoms with Crippen molar-refractivity contribution in [3.8, 4) is 0 Å². The summed E-state index contributed by atoms with van der Waals surface area (Å²) in [6.07, 6.45) is 2.53. The first-order valence-electron chi connectivity index (χ1n) is 7.05. The minimum atomic E-state index is 0.341. The van der Waals surface area contributed by atoms with E-state index in [4.69, 9.17) is 4.74 Å². The zero-order valence-corrected chi connectivity index (χ0v) is 11.8. The van der Waals surface area contributed by atoms with Crippen molar-refractivity contribution in [2.45, 2.75) is 58.7 Å². The number of nitrogens with zero attached hydrogens (tertiary/aromatic N) is 1. The second-order valence-electron chi connectivity index (χ2n) is 6.74. The zero-order valence-electron chi connectivity index (χ0n) is 11.8. The van der Waals surface area contributed by atoms with Crippen LogP contribution in [0.2, 0.25) is 0 Å². The molecule has 0 bridgehead atoms. The van der Waals surface area contributed by atoms with Crippen LogP contribution in [-0.2, 0) is 4.74 Å². The molecule has 1 N–H and O–H groups in total. The SMILES string of the molecule is CC1CNC(C(C)(C)C)CN1C1CCCOC1. The van der Waals surface area contributed by atoms with E-state index in [1.54, 1.807) is 0 Å². The summed E-state index contributed by atoms with van der Waals surface area (Å²) in [6, 6.07) is 1.88. The summed E-state index contributed by atoms with van der Waals surface area (Å²) in [5, 5.41) is 3.70. The summed E-state index contributed by atoms with van der Waals surface area (Å²) in [6.45, 7) is 13.5. The predicted molar refractivity (Wildman–Crippen MR) is 71.3 cm³/mol. The van der Waals surface area contributed by atoms with Gasteiger partial charge in [-0.05, 0) is 25.2 Å². The number of hydrogen-bond donors (Lipinski definition) is 1. The van der Waals surface area contributed by atoms with E-state index in [9.17, 15) is 0 Å². The van der Waals surface area contributed by atoms with E-state index in [2.05, 4.69) is 37.9 Å². The molecule has 17 heavy (non-hydrogen) atoms. The number of ether oxygens (including phenoxy) is 1. The topological polar surface area (TPSA) is 24.5 Å². The second kappa shape index (κ2) is 5.25. The van der Waals surface area contributed by atoms with Gasteiger partial charge in [-0.2, -0.15) is 0 Å². The summed E-state index contributed by atoms with van der Waals surface area (Å²) in [7, 11) is 0. The maximum Gasteiger partial charge on any atom is 0.0621 e. The average molecular weight is 240 g/mol. The molecule has 0 radical (unpaired) electrons. The molecule has 2 aliphatic heterocycles. The molecule has 2 fully saturated rings. The fraction of sp³-hybridized carbons (Fsp3) is 1.00. The van der Waals surface area contributed by atoms with Crippen LogP contribution in [0.1, 0.15) is 40.5 Å². The lowest BCUT2D eigenvalue weighted by molar-refractivity contribution is -0.0212. The van der Waals surface area contributed by atoms with Crippen molar-refractivity contribution in [2.24, 2.45) is 5.41 Å². The van der Waals surface area contributed by atoms with E-state index >= 15 is 0 Å². The third-order valence-electron chi connectivity index (χ3n) is 4.27. The molecule has 0 aromatic heterocycles. The molecule has 2 heterocycles. The van der Waals surface area contributed by atoms with Crippen LogP contribution in [0.25, 0.3) is 0 Å². The number of nitrogens with one attached hydrogen (secondary N) is 1. The first kappa shape index (κ1) is 13.3. The summed E-state index contributed by atoms with van der Waals surface area (Å²) in [5.74, 6) is 0. The average Bonchev–Trinajstić information content (AvgIpc) is 2.29. The fourth-order valence-corrected chi connectivity index (χ4v) is 2.96. The minimum Gasteiger partial charge on any atom is -0.380 e. The highest BCUT2D eigenvalue weighted by atomic mass is 16.5. The molecule has 0 aromatic rings. The summed E-state index contributed by atoms with van der Waals surface area (Å²) < 4.78 is 5.64. The van der Waals surface area contributed by atoms with Gasteiger partial charge in [0.25, 0.3) is 0 Å². The Bertz CT molecular complexity index is 243. The van der Waals surface area contributed by atoms with E-state index < -0.39 is 0 Å². The Morgan fingerprint density at radius 2 is 2.06 bits per heavy atom. The Balaban J connectivity index is 1.99. The second-order valence-corrected chi connectivity index (χ2v) is 6.74. The first-order chi connectivity index (χ1) is 7.98. The van der Waals surface area contributed by atoms with Gasteiger partial charge in [-0.15, -0.1) is 0 Å². The first-order valence-corrected chi connectivity index (χ1v) is 7.05. The van der Waals surface area contributed by atoms with Crippen LogP contribution in [0.5, 0.6) is 0 Å². The molecule has 0 saturated carbocycles. The van der Waals surface area contributed by atoms with E-state index in [0.717, 1.165) is 19.8 Å². The van der Waals surface area contributed by atoms with Gasteiger partial charge in [0, 0.05) is 37.8 Å². The van der Waals surface area contributed by atoms with Crippen LogP contribution in [0, 0.1) is 5.41 Å². The largest absolute Gasteiger partial charge is 0.380 e. The molecule has 0 spiro atoms. The Morgan fingerprint density at radius 3 is 2.65 bits per heavy atom. The Morgan fingerprint density at radius 1 is 1.29 bits per heavy atom. The van der Waals surface area contributed by atoms with E-state index in [-0.39, 0.29) is 0 Å². The molecule has 0 aliphatic carbocycles. The third kappa shape index (κ3) is 3.21. The highest BCUT2D eigenvalue weighted by Crippen LogP contribution is 2.26. The third-order valence-corrected chi connectivity index (χ3v) is 4.27. The molecule has 2 rings (SSSR count). The Labute approximate surface area is 106 Å². The molecular weight excluding hydrogens is 212 g/mol. The highest BCUT2D eigenvalue weighted by Gasteiger charge is 2.35. The summed E-state index contributed by atoms with van der Waals surface area (Å²) in [4.78, 5) is 2.67. The molecular formula is C14H28N2O. The summed E-state index contributed by atoms with van der Waals surface area (Å²) >= 11 is 0. The molecule has 3 heteroatoms. The molecule has 100 valence electrons. The number of hydrogen-bond acceptors (Lipinski definition) is 3. The Hall–Kier alpha value is -0.120. The van der Waals surface area contributed by atoms with Gasteiger partial charge in [-0.3, -0.25) is 4.90 Å². The molecule has 2 aliphatic rings. The van der Waals surface area contributed by atoms with Crippen molar-refractivity contribution in [1.82, 2.24) is 10.2 Å². The van der Waals surface area contributed by atoms with E-state index in [0.29, 0.717) is 23.5 Å². The Kier molecular flexibility index (Phi) is 4.11. The maximum absolute atomic E-state index is 5.64. The van der Waals surface area contributed by atoms with Gasteiger partial charge in [0.15, 0.2) is 0 Å². The van der Waals surface area contributed by atoms with Crippen LogP contribution in [0.15, 0.2) is 0 Å². The van der Waals surface area contributed by atoms with Crippen molar-refractivity contribution in [1.29, 1.82) is 0 Å². The van der Waals surface area contributed by atoms with Crippen molar-refractivity contribution in [3.63, 3.8) is 0 Å². The van der Waals surface area contributed by atoms with Crippen LogP contribution in [0.4, 0.5) is 0 Å². The molecule has 2 saturated heterocycles. The normalized spacial score (nSPS) is 37.1. The van der Waals surface area contributed by atoms with Crippen LogP contribution >= 0.6 is 0 Å². The molecule has 0 amide bonds. The lowest BCUT2D eigenvalue weighted by Crippen LogP contribution is -2.62. The van der Waals surface area contributed by atoms with Gasteiger partial charge >= 0.3 is 0 Å². The van der Waals surface area contributed by atoms with Crippen LogP contribution in [0.3, 0.4) is 0 Å². The zero-order chi connectivity index (χ0) is 12.5. The summed E-state index contributed by atoms with van der Waals surface area (Å²) in [5.41, 5.74) is 0.341. The highest BCUT2D eigenvalue weighted by molar-refractivity contribution is 4.93. The monoisotopic (exact) mass is 240 g/mol. The number of piperazine rings is 1. The minimum absolute atomic E-state index is 0.341. The standard InChI is InChI=1S/C14H28N2O/c1-11-8-15-13(14(2,3)4)9-16(11)12-6-5-7-17-10-12/h11-13,15H,5-10H2,1-4H3. The van der Waals surface area contributed by atoms with E-state index in [1.807, 2.05) is 0 Å². The van der Waals surface area contributed by atoms with Crippen molar-refractivity contribution in [2.75, 3.05) is 26.3 Å². The van der Waals surface area contributed by atoms with Gasteiger partial charge in [0.1, 0.15) is 0 Å². The maximum atomic E-state index is 5.64. The lowest BCUT2D eigenvalue weighted by atomic mass is 9.84. The van der Waals surface area contributed by atoms with Gasteiger partial charge in [-0.1, -0.05) is 20.8 Å². The van der Waals surface area contributed by atoms with E-state index in [1.165, 1.54) is 19.4 Å². The lowest BCUT2D eigenvalue weighted by Gasteiger charge is -2.47. The molecule has 3 unspecified atom stereocenters. The van der Waals surface area contributed by atoms with Gasteiger partial charge in [0.2, 0.25) is 0 Å². The van der Waals surface area contributed by atoms with Gasteiger partial charge < -0.3 is 10.1 Å². The smallest absolute Gasteiger partial charge is 0.0621 e. The van der Waals surface area contributed by atoms with Crippen molar-refractivity contribution >= 4 is 0 Å². The van der Waals surface area contributed by atoms with Gasteiger partial charge in [0.05, 0.1) is 6.61 Å². The predicted octanol–water partition coefficient (Wildman–Crippen LogP) is 1.87.